The number of fused-ring (bicyclic) bond motifs is 3. The van der Waals surface area contributed by atoms with Gasteiger partial charge in [0, 0.05) is 18.1 Å². The van der Waals surface area contributed by atoms with E-state index < -0.39 is 0 Å². The smallest absolute Gasteiger partial charge is 0.179 e. The Kier molecular flexibility index (Phi) is 1.93. The van der Waals surface area contributed by atoms with Crippen LogP contribution in [0.5, 0.6) is 0 Å². The van der Waals surface area contributed by atoms with Gasteiger partial charge < -0.3 is 4.40 Å². The van der Waals surface area contributed by atoms with Crippen molar-refractivity contribution in [1.82, 2.24) is 4.40 Å². The number of ketones is 1. The van der Waals surface area contributed by atoms with Crippen LogP contribution in [0.4, 0.5) is 0 Å². The maximum atomic E-state index is 12.0. The zero-order chi connectivity index (χ0) is 11.3. The van der Waals surface area contributed by atoms with E-state index in [1.54, 1.807) is 0 Å². The molecule has 0 N–H and O–H groups in total. The fourth-order valence-electron chi connectivity index (χ4n) is 2.72. The van der Waals surface area contributed by atoms with Gasteiger partial charge in [0.25, 0.3) is 0 Å². The third-order valence-corrected chi connectivity index (χ3v) is 3.57. The summed E-state index contributed by atoms with van der Waals surface area (Å²) >= 11 is 0. The minimum atomic E-state index is 0.299. The Hall–Kier alpha value is -1.57. The van der Waals surface area contributed by atoms with Crippen molar-refractivity contribution in [3.05, 3.63) is 40.7 Å². The number of pyridine rings is 1. The van der Waals surface area contributed by atoms with Crippen molar-refractivity contribution in [3.8, 4) is 0 Å². The van der Waals surface area contributed by atoms with Gasteiger partial charge in [0.1, 0.15) is 0 Å². The Morgan fingerprint density at radius 3 is 2.88 bits per heavy atom. The largest absolute Gasteiger partial charge is 0.313 e. The first-order chi connectivity index (χ1) is 7.68. The molecule has 82 valence electrons. The Bertz CT molecular complexity index is 592. The third-order valence-electron chi connectivity index (χ3n) is 3.57. The molecule has 0 spiro atoms. The molecule has 0 saturated carbocycles. The molecule has 2 nitrogen and oxygen atoms in total. The van der Waals surface area contributed by atoms with Gasteiger partial charge in [-0.05, 0) is 55.5 Å². The quantitative estimate of drug-likeness (QED) is 0.659. The SMILES string of the molecule is Cc1ccn2c3c(c(C)c2c1)CCCC3=O. The van der Waals surface area contributed by atoms with E-state index in [2.05, 4.69) is 30.4 Å². The van der Waals surface area contributed by atoms with Gasteiger partial charge in [0.05, 0.1) is 5.69 Å². The fourth-order valence-corrected chi connectivity index (χ4v) is 2.72. The first-order valence-electron chi connectivity index (χ1n) is 5.82. The van der Waals surface area contributed by atoms with Crippen molar-refractivity contribution in [1.29, 1.82) is 0 Å². The van der Waals surface area contributed by atoms with Crippen LogP contribution in [-0.2, 0) is 6.42 Å². The summed E-state index contributed by atoms with van der Waals surface area (Å²) < 4.78 is 2.07. The van der Waals surface area contributed by atoms with E-state index >= 15 is 0 Å². The van der Waals surface area contributed by atoms with E-state index in [-0.39, 0.29) is 0 Å². The number of hydrogen-bond acceptors (Lipinski definition) is 1. The predicted molar refractivity (Wildman–Crippen MR) is 64.1 cm³/mol. The molecule has 1 aliphatic carbocycles. The average molecular weight is 213 g/mol. The Labute approximate surface area is 94.9 Å². The van der Waals surface area contributed by atoms with Gasteiger partial charge in [0.2, 0.25) is 0 Å². The van der Waals surface area contributed by atoms with Gasteiger partial charge >= 0.3 is 0 Å². The van der Waals surface area contributed by atoms with Crippen LogP contribution in [0.1, 0.15) is 40.0 Å². The van der Waals surface area contributed by atoms with Gasteiger partial charge in [-0.3, -0.25) is 4.79 Å². The highest BCUT2D eigenvalue weighted by Crippen LogP contribution is 2.29. The average Bonchev–Trinajstić information content (AvgIpc) is 2.55. The minimum absolute atomic E-state index is 0.299. The normalized spacial score (nSPS) is 15.5. The Morgan fingerprint density at radius 1 is 1.25 bits per heavy atom. The summed E-state index contributed by atoms with van der Waals surface area (Å²) in [6, 6.07) is 4.23. The van der Waals surface area contributed by atoms with Crippen LogP contribution in [0.25, 0.3) is 5.52 Å². The molecule has 2 heterocycles. The number of Topliss-reactive ketones (excluding diaryl/α,β-unsaturated/α-hetero) is 1. The molecule has 2 aromatic rings. The number of hydrogen-bond donors (Lipinski definition) is 0. The van der Waals surface area contributed by atoms with Crippen molar-refractivity contribution < 1.29 is 4.79 Å². The summed E-state index contributed by atoms with van der Waals surface area (Å²) in [6.45, 7) is 4.22. The summed E-state index contributed by atoms with van der Waals surface area (Å²) in [5, 5.41) is 0. The van der Waals surface area contributed by atoms with Crippen LogP contribution in [0.2, 0.25) is 0 Å². The molecule has 0 saturated heterocycles. The highest BCUT2D eigenvalue weighted by molar-refractivity contribution is 5.99. The highest BCUT2D eigenvalue weighted by atomic mass is 16.1. The van der Waals surface area contributed by atoms with Crippen LogP contribution in [0, 0.1) is 13.8 Å². The number of rotatable bonds is 0. The molecule has 0 radical (unpaired) electrons. The molecular formula is C14H15NO. The maximum absolute atomic E-state index is 12.0. The lowest BCUT2D eigenvalue weighted by molar-refractivity contribution is 0.0966. The zero-order valence-corrected chi connectivity index (χ0v) is 9.71. The van der Waals surface area contributed by atoms with Crippen molar-refractivity contribution >= 4 is 11.3 Å². The molecule has 0 bridgehead atoms. The number of carbonyl (C=O) groups is 1. The lowest BCUT2D eigenvalue weighted by atomic mass is 9.94. The Morgan fingerprint density at radius 2 is 2.06 bits per heavy atom. The standard InChI is InChI=1S/C14H15NO/c1-9-6-7-15-12(8-9)10(2)11-4-3-5-13(16)14(11)15/h6-8H,3-5H2,1-2H3. The van der Waals surface area contributed by atoms with Crippen molar-refractivity contribution in [2.24, 2.45) is 0 Å². The van der Waals surface area contributed by atoms with Crippen LogP contribution in [0.15, 0.2) is 18.3 Å². The molecule has 0 aliphatic heterocycles. The topological polar surface area (TPSA) is 21.5 Å². The van der Waals surface area contributed by atoms with Gasteiger partial charge in [-0.1, -0.05) is 0 Å². The maximum Gasteiger partial charge on any atom is 0.179 e. The van der Waals surface area contributed by atoms with Crippen LogP contribution in [-0.4, -0.2) is 10.2 Å². The van der Waals surface area contributed by atoms with Crippen molar-refractivity contribution in [2.45, 2.75) is 33.1 Å². The van der Waals surface area contributed by atoms with E-state index in [1.807, 2.05) is 6.20 Å². The molecule has 3 rings (SSSR count). The zero-order valence-electron chi connectivity index (χ0n) is 9.71. The first kappa shape index (κ1) is 9.64. The second-order valence-corrected chi connectivity index (χ2v) is 4.69. The van der Waals surface area contributed by atoms with Gasteiger partial charge in [0.15, 0.2) is 5.78 Å². The third kappa shape index (κ3) is 1.16. The molecule has 1 aliphatic rings. The summed E-state index contributed by atoms with van der Waals surface area (Å²) in [5.74, 6) is 0.299. The number of aromatic nitrogens is 1. The molecule has 2 heteroatoms. The first-order valence-corrected chi connectivity index (χ1v) is 5.82. The second kappa shape index (κ2) is 3.21. The second-order valence-electron chi connectivity index (χ2n) is 4.69. The summed E-state index contributed by atoms with van der Waals surface area (Å²) in [5.41, 5.74) is 5.92. The molecule has 2 aromatic heterocycles. The predicted octanol–water partition coefficient (Wildman–Crippen LogP) is 3.08. The van der Waals surface area contributed by atoms with E-state index in [0.29, 0.717) is 12.2 Å². The van der Waals surface area contributed by atoms with Crippen LogP contribution >= 0.6 is 0 Å². The van der Waals surface area contributed by atoms with Gasteiger partial charge in [-0.2, -0.15) is 0 Å². The van der Waals surface area contributed by atoms with Crippen molar-refractivity contribution in [3.63, 3.8) is 0 Å². The minimum Gasteiger partial charge on any atom is -0.313 e. The highest BCUT2D eigenvalue weighted by Gasteiger charge is 2.24. The number of carbonyl (C=O) groups excluding carboxylic acids is 1. The van der Waals surface area contributed by atoms with E-state index in [1.165, 1.54) is 22.2 Å². The van der Waals surface area contributed by atoms with E-state index in [0.717, 1.165) is 18.5 Å². The molecule has 0 amide bonds. The lowest BCUT2D eigenvalue weighted by Gasteiger charge is -2.11. The Balaban J connectivity index is 2.44. The summed E-state index contributed by atoms with van der Waals surface area (Å²) in [4.78, 5) is 12.0. The molecule has 16 heavy (non-hydrogen) atoms. The van der Waals surface area contributed by atoms with E-state index in [9.17, 15) is 4.79 Å². The van der Waals surface area contributed by atoms with Crippen molar-refractivity contribution in [2.75, 3.05) is 0 Å². The fraction of sp³-hybridized carbons (Fsp3) is 0.357. The van der Waals surface area contributed by atoms with E-state index in [4.69, 9.17) is 0 Å². The molecule has 0 aromatic carbocycles. The number of aryl methyl sites for hydroxylation is 2. The molecule has 0 fully saturated rings. The number of nitrogens with zero attached hydrogens (tertiary/aromatic N) is 1. The van der Waals surface area contributed by atoms with Crippen LogP contribution in [0.3, 0.4) is 0 Å². The molecule has 0 unspecified atom stereocenters. The van der Waals surface area contributed by atoms with Gasteiger partial charge in [-0.15, -0.1) is 0 Å². The van der Waals surface area contributed by atoms with Crippen LogP contribution < -0.4 is 0 Å². The van der Waals surface area contributed by atoms with Gasteiger partial charge in [-0.25, -0.2) is 0 Å². The monoisotopic (exact) mass is 213 g/mol. The molecule has 0 atom stereocenters. The molecular weight excluding hydrogens is 198 g/mol. The lowest BCUT2D eigenvalue weighted by Crippen LogP contribution is -2.12. The summed E-state index contributed by atoms with van der Waals surface area (Å²) in [6.07, 6.45) is 4.78. The summed E-state index contributed by atoms with van der Waals surface area (Å²) in [7, 11) is 0.